The molecule has 0 saturated carbocycles. The SMILES string of the molecule is CCOc1ccc(NC(=O)CSc2nc3sc4c(c3c(=O)n2-c2cc(C)ccc2C)CCCC4)cc1. The van der Waals surface area contributed by atoms with Gasteiger partial charge >= 0.3 is 0 Å². The minimum atomic E-state index is -0.156. The van der Waals surface area contributed by atoms with E-state index in [1.165, 1.54) is 22.2 Å². The van der Waals surface area contributed by atoms with Crippen LogP contribution in [-0.2, 0) is 17.6 Å². The number of hydrogen-bond acceptors (Lipinski definition) is 6. The lowest BCUT2D eigenvalue weighted by Gasteiger charge is -2.16. The van der Waals surface area contributed by atoms with Crippen molar-refractivity contribution in [3.8, 4) is 11.4 Å². The second kappa shape index (κ2) is 10.5. The highest BCUT2D eigenvalue weighted by atomic mass is 32.2. The van der Waals surface area contributed by atoms with Crippen LogP contribution in [0.1, 0.15) is 41.3 Å². The van der Waals surface area contributed by atoms with E-state index in [9.17, 15) is 9.59 Å². The van der Waals surface area contributed by atoms with Gasteiger partial charge in [0, 0.05) is 10.6 Å². The van der Waals surface area contributed by atoms with Crippen LogP contribution < -0.4 is 15.6 Å². The molecule has 0 fully saturated rings. The Morgan fingerprint density at radius 1 is 1.14 bits per heavy atom. The van der Waals surface area contributed by atoms with E-state index in [0.29, 0.717) is 17.5 Å². The van der Waals surface area contributed by atoms with Gasteiger partial charge in [-0.3, -0.25) is 14.2 Å². The van der Waals surface area contributed by atoms with Gasteiger partial charge in [0.1, 0.15) is 10.6 Å². The first-order valence-electron chi connectivity index (χ1n) is 12.2. The Kier molecular flexibility index (Phi) is 7.16. The molecule has 0 bridgehead atoms. The summed E-state index contributed by atoms with van der Waals surface area (Å²) in [5, 5.41) is 4.22. The lowest BCUT2D eigenvalue weighted by atomic mass is 9.97. The Balaban J connectivity index is 1.49. The van der Waals surface area contributed by atoms with Gasteiger partial charge in [-0.25, -0.2) is 4.98 Å². The van der Waals surface area contributed by atoms with E-state index in [2.05, 4.69) is 5.32 Å². The van der Waals surface area contributed by atoms with Crippen molar-refractivity contribution in [3.63, 3.8) is 0 Å². The number of anilines is 1. The molecule has 1 aliphatic rings. The van der Waals surface area contributed by atoms with E-state index in [-0.39, 0.29) is 17.2 Å². The number of carbonyl (C=O) groups excluding carboxylic acids is 1. The Bertz CT molecular complexity index is 1490. The zero-order valence-electron chi connectivity index (χ0n) is 20.7. The molecule has 36 heavy (non-hydrogen) atoms. The third-order valence-corrected chi connectivity index (χ3v) is 8.47. The van der Waals surface area contributed by atoms with Crippen molar-refractivity contribution in [1.29, 1.82) is 0 Å². The third kappa shape index (κ3) is 4.92. The first-order valence-corrected chi connectivity index (χ1v) is 14.0. The van der Waals surface area contributed by atoms with Crippen molar-refractivity contribution < 1.29 is 9.53 Å². The van der Waals surface area contributed by atoms with Crippen LogP contribution in [0.5, 0.6) is 5.75 Å². The van der Waals surface area contributed by atoms with Crippen LogP contribution in [0.4, 0.5) is 5.69 Å². The molecule has 4 aromatic rings. The Morgan fingerprint density at radius 2 is 1.92 bits per heavy atom. The van der Waals surface area contributed by atoms with Crippen LogP contribution in [-0.4, -0.2) is 27.8 Å². The normalized spacial score (nSPS) is 13.0. The van der Waals surface area contributed by atoms with E-state index in [4.69, 9.17) is 9.72 Å². The topological polar surface area (TPSA) is 73.2 Å². The maximum Gasteiger partial charge on any atom is 0.267 e. The molecular weight excluding hydrogens is 490 g/mol. The molecule has 0 unspecified atom stereocenters. The summed E-state index contributed by atoms with van der Waals surface area (Å²) < 4.78 is 7.17. The van der Waals surface area contributed by atoms with Gasteiger partial charge in [0.15, 0.2) is 5.16 Å². The molecule has 0 radical (unpaired) electrons. The zero-order chi connectivity index (χ0) is 25.2. The number of nitrogens with one attached hydrogen (secondary N) is 1. The van der Waals surface area contributed by atoms with Crippen molar-refractivity contribution in [2.24, 2.45) is 0 Å². The molecule has 1 amide bonds. The second-order valence-corrected chi connectivity index (χ2v) is 11.0. The van der Waals surface area contributed by atoms with Crippen molar-refractivity contribution in [2.75, 3.05) is 17.7 Å². The number of amides is 1. The molecule has 2 aromatic heterocycles. The highest BCUT2D eigenvalue weighted by molar-refractivity contribution is 7.99. The molecule has 186 valence electrons. The van der Waals surface area contributed by atoms with E-state index >= 15 is 0 Å². The van der Waals surface area contributed by atoms with Gasteiger partial charge in [-0.15, -0.1) is 11.3 Å². The summed E-state index contributed by atoms with van der Waals surface area (Å²) >= 11 is 2.92. The number of nitrogens with zero attached hydrogens (tertiary/aromatic N) is 2. The number of aromatic nitrogens is 2. The van der Waals surface area contributed by atoms with Gasteiger partial charge in [0.2, 0.25) is 5.91 Å². The van der Waals surface area contributed by atoms with Gasteiger partial charge in [-0.1, -0.05) is 23.9 Å². The Hall–Kier alpha value is -3.10. The maximum atomic E-state index is 14.0. The molecular formula is C28H29N3O3S2. The average Bonchev–Trinajstić information content (AvgIpc) is 3.24. The summed E-state index contributed by atoms with van der Waals surface area (Å²) in [6.45, 7) is 6.54. The fourth-order valence-electron chi connectivity index (χ4n) is 4.58. The number of rotatable bonds is 7. The van der Waals surface area contributed by atoms with Crippen molar-refractivity contribution >= 4 is 44.9 Å². The van der Waals surface area contributed by atoms with Crippen LogP contribution in [0.15, 0.2) is 52.4 Å². The minimum Gasteiger partial charge on any atom is -0.494 e. The molecule has 1 N–H and O–H groups in total. The molecule has 0 spiro atoms. The van der Waals surface area contributed by atoms with E-state index in [1.54, 1.807) is 15.9 Å². The summed E-state index contributed by atoms with van der Waals surface area (Å²) in [5.41, 5.74) is 4.71. The summed E-state index contributed by atoms with van der Waals surface area (Å²) in [5.74, 6) is 0.747. The first kappa shape index (κ1) is 24.6. The molecule has 0 aliphatic heterocycles. The van der Waals surface area contributed by atoms with Crippen LogP contribution >= 0.6 is 23.1 Å². The Labute approximate surface area is 218 Å². The molecule has 2 heterocycles. The number of benzene rings is 2. The highest BCUT2D eigenvalue weighted by Crippen LogP contribution is 2.35. The van der Waals surface area contributed by atoms with Gasteiger partial charge in [0.25, 0.3) is 5.56 Å². The monoisotopic (exact) mass is 519 g/mol. The number of carbonyl (C=O) groups is 1. The second-order valence-electron chi connectivity index (χ2n) is 9.01. The number of aryl methyl sites for hydroxylation is 4. The molecule has 0 saturated heterocycles. The molecule has 0 atom stereocenters. The zero-order valence-corrected chi connectivity index (χ0v) is 22.4. The molecule has 6 nitrogen and oxygen atoms in total. The van der Waals surface area contributed by atoms with Gasteiger partial charge in [-0.05, 0) is 93.5 Å². The first-order chi connectivity index (χ1) is 17.4. The number of thioether (sulfide) groups is 1. The summed E-state index contributed by atoms with van der Waals surface area (Å²) in [6.07, 6.45) is 4.19. The molecule has 5 rings (SSSR count). The minimum absolute atomic E-state index is 0.0393. The number of hydrogen-bond donors (Lipinski definition) is 1. The van der Waals surface area contributed by atoms with E-state index in [0.717, 1.165) is 58.5 Å². The lowest BCUT2D eigenvalue weighted by molar-refractivity contribution is -0.113. The van der Waals surface area contributed by atoms with Crippen molar-refractivity contribution in [3.05, 3.63) is 74.4 Å². The van der Waals surface area contributed by atoms with Crippen LogP contribution in [0, 0.1) is 13.8 Å². The average molecular weight is 520 g/mol. The maximum absolute atomic E-state index is 14.0. The van der Waals surface area contributed by atoms with Gasteiger partial charge in [-0.2, -0.15) is 0 Å². The molecule has 2 aromatic carbocycles. The molecule has 8 heteroatoms. The predicted molar refractivity (Wildman–Crippen MR) is 148 cm³/mol. The van der Waals surface area contributed by atoms with Crippen LogP contribution in [0.25, 0.3) is 15.9 Å². The number of fused-ring (bicyclic) bond motifs is 3. The summed E-state index contributed by atoms with van der Waals surface area (Å²) in [4.78, 5) is 33.8. The smallest absolute Gasteiger partial charge is 0.267 e. The summed E-state index contributed by atoms with van der Waals surface area (Å²) in [6, 6.07) is 13.4. The summed E-state index contributed by atoms with van der Waals surface area (Å²) in [7, 11) is 0. The predicted octanol–water partition coefficient (Wildman–Crippen LogP) is 6.07. The van der Waals surface area contributed by atoms with E-state index in [1.807, 2.05) is 63.2 Å². The third-order valence-electron chi connectivity index (χ3n) is 6.35. The van der Waals surface area contributed by atoms with Crippen LogP contribution in [0.3, 0.4) is 0 Å². The fourth-order valence-corrected chi connectivity index (χ4v) is 6.69. The number of ether oxygens (including phenoxy) is 1. The highest BCUT2D eigenvalue weighted by Gasteiger charge is 2.24. The fraction of sp³-hybridized carbons (Fsp3) is 0.321. The van der Waals surface area contributed by atoms with Gasteiger partial charge in [0.05, 0.1) is 23.4 Å². The quantitative estimate of drug-likeness (QED) is 0.237. The van der Waals surface area contributed by atoms with Crippen molar-refractivity contribution in [2.45, 2.75) is 51.6 Å². The van der Waals surface area contributed by atoms with E-state index < -0.39 is 0 Å². The largest absolute Gasteiger partial charge is 0.494 e. The molecule has 1 aliphatic carbocycles. The Morgan fingerprint density at radius 3 is 2.69 bits per heavy atom. The lowest BCUT2D eigenvalue weighted by Crippen LogP contribution is -2.24. The van der Waals surface area contributed by atoms with Crippen LogP contribution in [0.2, 0.25) is 0 Å². The standard InChI is InChI=1S/C28H29N3O3S2/c1-4-34-20-13-11-19(12-14-20)29-24(32)16-35-28-30-26-25(21-7-5-6-8-23(21)36-26)27(33)31(28)22-15-17(2)9-10-18(22)3/h9-15H,4-8,16H2,1-3H3,(H,29,32). The number of thiophene rings is 1. The van der Waals surface area contributed by atoms with Gasteiger partial charge < -0.3 is 10.1 Å². The van der Waals surface area contributed by atoms with Crippen molar-refractivity contribution in [1.82, 2.24) is 9.55 Å².